The molecule has 1 aromatic heterocycles. The van der Waals surface area contributed by atoms with E-state index in [1.165, 1.54) is 5.56 Å². The van der Waals surface area contributed by atoms with Crippen LogP contribution in [0.5, 0.6) is 0 Å². The van der Waals surface area contributed by atoms with Gasteiger partial charge in [-0.25, -0.2) is 0 Å². The number of likely N-dealkylation sites (N-methyl/N-ethyl adjacent to an activating group) is 1. The molecular formula is C10H15BrN2. The Morgan fingerprint density at radius 2 is 2.15 bits per heavy atom. The van der Waals surface area contributed by atoms with E-state index >= 15 is 0 Å². The van der Waals surface area contributed by atoms with Gasteiger partial charge >= 0.3 is 0 Å². The summed E-state index contributed by atoms with van der Waals surface area (Å²) in [5.41, 5.74) is 2.33. The van der Waals surface area contributed by atoms with Gasteiger partial charge in [-0.3, -0.25) is 4.98 Å². The number of rotatable bonds is 3. The van der Waals surface area contributed by atoms with Gasteiger partial charge in [0.25, 0.3) is 0 Å². The summed E-state index contributed by atoms with van der Waals surface area (Å²) in [5, 5.41) is 0. The molecule has 0 saturated heterocycles. The van der Waals surface area contributed by atoms with E-state index in [0.29, 0.717) is 0 Å². The van der Waals surface area contributed by atoms with Crippen LogP contribution in [-0.4, -0.2) is 30.5 Å². The van der Waals surface area contributed by atoms with Crippen molar-refractivity contribution in [1.29, 1.82) is 0 Å². The summed E-state index contributed by atoms with van der Waals surface area (Å²) in [6, 6.07) is 2.14. The van der Waals surface area contributed by atoms with Crippen LogP contribution in [0, 0.1) is 6.92 Å². The molecule has 0 aliphatic rings. The lowest BCUT2D eigenvalue weighted by molar-refractivity contribution is 0.413. The van der Waals surface area contributed by atoms with Crippen molar-refractivity contribution < 1.29 is 0 Å². The molecule has 0 aliphatic carbocycles. The highest BCUT2D eigenvalue weighted by molar-refractivity contribution is 9.10. The van der Waals surface area contributed by atoms with Crippen molar-refractivity contribution in [2.75, 3.05) is 20.6 Å². The summed E-state index contributed by atoms with van der Waals surface area (Å²) >= 11 is 3.48. The van der Waals surface area contributed by atoms with Gasteiger partial charge in [-0.1, -0.05) is 0 Å². The molecule has 0 fully saturated rings. The summed E-state index contributed by atoms with van der Waals surface area (Å²) in [6.07, 6.45) is 3.00. The monoisotopic (exact) mass is 242 g/mol. The molecule has 0 aliphatic heterocycles. The van der Waals surface area contributed by atoms with Crippen LogP contribution in [0.1, 0.15) is 11.3 Å². The van der Waals surface area contributed by atoms with Crippen LogP contribution in [0.4, 0.5) is 0 Å². The zero-order chi connectivity index (χ0) is 9.84. The zero-order valence-electron chi connectivity index (χ0n) is 8.34. The summed E-state index contributed by atoms with van der Waals surface area (Å²) in [5.74, 6) is 0. The fourth-order valence-electron chi connectivity index (χ4n) is 1.04. The first kappa shape index (κ1) is 10.7. The van der Waals surface area contributed by atoms with Gasteiger partial charge < -0.3 is 4.90 Å². The molecule has 0 saturated carbocycles. The molecule has 3 heteroatoms. The molecule has 0 aromatic carbocycles. The van der Waals surface area contributed by atoms with Crippen LogP contribution >= 0.6 is 15.9 Å². The summed E-state index contributed by atoms with van der Waals surface area (Å²) in [6.45, 7) is 3.07. The van der Waals surface area contributed by atoms with Gasteiger partial charge in [0.05, 0.1) is 5.69 Å². The van der Waals surface area contributed by atoms with Gasteiger partial charge in [0.2, 0.25) is 0 Å². The van der Waals surface area contributed by atoms with E-state index in [1.807, 2.05) is 13.1 Å². The van der Waals surface area contributed by atoms with Crippen molar-refractivity contribution in [3.63, 3.8) is 0 Å². The quantitative estimate of drug-likeness (QED) is 0.809. The highest BCUT2D eigenvalue weighted by Gasteiger charge is 1.99. The Morgan fingerprint density at radius 3 is 2.69 bits per heavy atom. The number of halogens is 1. The Kier molecular flexibility index (Phi) is 3.88. The van der Waals surface area contributed by atoms with Crippen molar-refractivity contribution in [2.24, 2.45) is 0 Å². The molecule has 13 heavy (non-hydrogen) atoms. The van der Waals surface area contributed by atoms with Crippen molar-refractivity contribution >= 4 is 15.9 Å². The molecule has 0 radical (unpaired) electrons. The van der Waals surface area contributed by atoms with Crippen LogP contribution in [0.2, 0.25) is 0 Å². The zero-order valence-corrected chi connectivity index (χ0v) is 9.93. The Bertz CT molecular complexity index is 284. The summed E-state index contributed by atoms with van der Waals surface area (Å²) < 4.78 is 1.10. The minimum Gasteiger partial charge on any atom is -0.309 e. The van der Waals surface area contributed by atoms with E-state index in [9.17, 15) is 0 Å². The van der Waals surface area contributed by atoms with E-state index in [2.05, 4.69) is 46.0 Å². The third kappa shape index (κ3) is 3.44. The fourth-order valence-corrected chi connectivity index (χ4v) is 1.43. The normalized spacial score (nSPS) is 10.8. The van der Waals surface area contributed by atoms with E-state index in [-0.39, 0.29) is 0 Å². The molecule has 2 nitrogen and oxygen atoms in total. The first-order valence-corrected chi connectivity index (χ1v) is 5.14. The van der Waals surface area contributed by atoms with Crippen LogP contribution < -0.4 is 0 Å². The van der Waals surface area contributed by atoms with E-state index in [4.69, 9.17) is 0 Å². The van der Waals surface area contributed by atoms with Crippen LogP contribution in [0.25, 0.3) is 0 Å². The number of aryl methyl sites for hydroxylation is 1. The summed E-state index contributed by atoms with van der Waals surface area (Å²) in [7, 11) is 4.16. The second kappa shape index (κ2) is 4.72. The highest BCUT2D eigenvalue weighted by atomic mass is 79.9. The maximum Gasteiger partial charge on any atom is 0.0514 e. The number of hydrogen-bond donors (Lipinski definition) is 0. The van der Waals surface area contributed by atoms with E-state index in [1.54, 1.807) is 0 Å². The van der Waals surface area contributed by atoms with Crippen LogP contribution in [-0.2, 0) is 6.42 Å². The average molecular weight is 243 g/mol. The molecule has 0 amide bonds. The molecule has 0 bridgehead atoms. The van der Waals surface area contributed by atoms with Gasteiger partial charge in [0, 0.05) is 17.2 Å². The van der Waals surface area contributed by atoms with Gasteiger partial charge in [-0.2, -0.15) is 0 Å². The minimum absolute atomic E-state index is 1.05. The lowest BCUT2D eigenvalue weighted by atomic mass is 10.2. The maximum atomic E-state index is 4.29. The van der Waals surface area contributed by atoms with Gasteiger partial charge in [0.15, 0.2) is 0 Å². The molecule has 1 heterocycles. The van der Waals surface area contributed by atoms with Crippen molar-refractivity contribution in [2.45, 2.75) is 13.3 Å². The third-order valence-corrected chi connectivity index (χ3v) is 2.73. The fraction of sp³-hybridized carbons (Fsp3) is 0.500. The SMILES string of the molecule is Cc1ncc(CCN(C)C)cc1Br. The molecule has 0 spiro atoms. The molecule has 1 rings (SSSR count). The van der Waals surface area contributed by atoms with Crippen LogP contribution in [0.15, 0.2) is 16.7 Å². The highest BCUT2D eigenvalue weighted by Crippen LogP contribution is 2.15. The van der Waals surface area contributed by atoms with E-state index in [0.717, 1.165) is 23.1 Å². The van der Waals surface area contributed by atoms with Crippen molar-refractivity contribution in [3.8, 4) is 0 Å². The second-order valence-electron chi connectivity index (χ2n) is 3.46. The van der Waals surface area contributed by atoms with Gasteiger partial charge in [-0.15, -0.1) is 0 Å². The number of hydrogen-bond acceptors (Lipinski definition) is 2. The average Bonchev–Trinajstić information content (AvgIpc) is 2.07. The molecule has 72 valence electrons. The standard InChI is InChI=1S/C10H15BrN2/c1-8-10(11)6-9(7-12-8)4-5-13(2)3/h6-7H,4-5H2,1-3H3. The smallest absolute Gasteiger partial charge is 0.0514 e. The van der Waals surface area contributed by atoms with Gasteiger partial charge in [-0.05, 0) is 55.0 Å². The maximum absolute atomic E-state index is 4.29. The van der Waals surface area contributed by atoms with Crippen molar-refractivity contribution in [3.05, 3.63) is 28.0 Å². The first-order chi connectivity index (χ1) is 6.09. The number of pyridine rings is 1. The predicted octanol–water partition coefficient (Wildman–Crippen LogP) is 2.26. The number of aromatic nitrogens is 1. The Morgan fingerprint density at radius 1 is 1.46 bits per heavy atom. The lowest BCUT2D eigenvalue weighted by Crippen LogP contribution is -2.15. The van der Waals surface area contributed by atoms with Crippen molar-refractivity contribution in [1.82, 2.24) is 9.88 Å². The van der Waals surface area contributed by atoms with Gasteiger partial charge in [0.1, 0.15) is 0 Å². The van der Waals surface area contributed by atoms with Crippen LogP contribution in [0.3, 0.4) is 0 Å². The number of nitrogens with zero attached hydrogens (tertiary/aromatic N) is 2. The first-order valence-electron chi connectivity index (χ1n) is 4.35. The Balaban J connectivity index is 2.63. The minimum atomic E-state index is 1.05. The second-order valence-corrected chi connectivity index (χ2v) is 4.32. The Labute approximate surface area is 88.1 Å². The molecule has 0 N–H and O–H groups in total. The third-order valence-electron chi connectivity index (χ3n) is 1.93. The molecule has 1 aromatic rings. The largest absolute Gasteiger partial charge is 0.309 e. The lowest BCUT2D eigenvalue weighted by Gasteiger charge is -2.09. The molecular weight excluding hydrogens is 228 g/mol. The Hall–Kier alpha value is -0.410. The topological polar surface area (TPSA) is 16.1 Å². The predicted molar refractivity (Wildman–Crippen MR) is 58.9 cm³/mol. The van der Waals surface area contributed by atoms with E-state index < -0.39 is 0 Å². The summed E-state index contributed by atoms with van der Waals surface area (Å²) in [4.78, 5) is 6.47. The molecule has 0 atom stereocenters. The molecule has 0 unspecified atom stereocenters.